The Kier molecular flexibility index (Phi) is 7.87. The van der Waals surface area contributed by atoms with Crippen molar-refractivity contribution in [1.29, 1.82) is 0 Å². The van der Waals surface area contributed by atoms with Gasteiger partial charge in [-0.15, -0.1) is 0 Å². The Labute approximate surface area is 164 Å². The summed E-state index contributed by atoms with van der Waals surface area (Å²) in [6.07, 6.45) is 1.55. The second-order valence-corrected chi connectivity index (χ2v) is 6.16. The molecule has 5 nitrogen and oxygen atoms in total. The third kappa shape index (κ3) is 6.45. The third-order valence-corrected chi connectivity index (χ3v) is 4.23. The first-order chi connectivity index (χ1) is 13.0. The molecule has 0 aliphatic carbocycles. The quantitative estimate of drug-likeness (QED) is 0.456. The van der Waals surface area contributed by atoms with E-state index in [9.17, 15) is 9.90 Å². The van der Waals surface area contributed by atoms with Crippen molar-refractivity contribution in [2.75, 3.05) is 19.6 Å². The van der Waals surface area contributed by atoms with Gasteiger partial charge in [0.05, 0.1) is 17.8 Å². The standard InChI is InChI=1S/C21H22ClN3O2/c1-3-25(4-2)13-5-6-16-7-9-17(10-8-16)15-23-24-21(27)18-11-12-20(26)19(22)14-18/h7-12,14-15,26H,3-4,13H2,1-2H3,(H,24,27). The normalized spacial score (nSPS) is 10.7. The Bertz CT molecular complexity index is 863. The molecule has 2 aromatic rings. The van der Waals surface area contributed by atoms with Gasteiger partial charge in [-0.25, -0.2) is 5.43 Å². The zero-order valence-electron chi connectivity index (χ0n) is 15.4. The van der Waals surface area contributed by atoms with E-state index in [1.807, 2.05) is 24.3 Å². The number of phenolic OH excluding ortho intramolecular Hbond substituents is 1. The van der Waals surface area contributed by atoms with Gasteiger partial charge in [-0.05, 0) is 49.0 Å². The van der Waals surface area contributed by atoms with Crippen LogP contribution in [0.5, 0.6) is 5.75 Å². The number of amides is 1. The van der Waals surface area contributed by atoms with Gasteiger partial charge in [0, 0.05) is 11.1 Å². The van der Waals surface area contributed by atoms with Crippen LogP contribution in [0.1, 0.15) is 35.3 Å². The summed E-state index contributed by atoms with van der Waals surface area (Å²) in [6, 6.07) is 11.8. The molecule has 0 aliphatic rings. The first-order valence-electron chi connectivity index (χ1n) is 8.66. The molecular formula is C21H22ClN3O2. The lowest BCUT2D eigenvalue weighted by Crippen LogP contribution is -2.22. The number of hydrazone groups is 1. The molecule has 140 valence electrons. The van der Waals surface area contributed by atoms with E-state index >= 15 is 0 Å². The Morgan fingerprint density at radius 2 is 1.93 bits per heavy atom. The fraction of sp³-hybridized carbons (Fsp3) is 0.238. The topological polar surface area (TPSA) is 64.9 Å². The van der Waals surface area contributed by atoms with Crippen LogP contribution in [0.15, 0.2) is 47.6 Å². The van der Waals surface area contributed by atoms with Crippen LogP contribution in [-0.2, 0) is 0 Å². The molecule has 2 aromatic carbocycles. The van der Waals surface area contributed by atoms with Crippen LogP contribution in [0.4, 0.5) is 0 Å². The minimum absolute atomic E-state index is 0.0722. The largest absolute Gasteiger partial charge is 0.506 e. The monoisotopic (exact) mass is 383 g/mol. The molecular weight excluding hydrogens is 362 g/mol. The molecule has 0 spiro atoms. The molecule has 2 rings (SSSR count). The summed E-state index contributed by atoms with van der Waals surface area (Å²) >= 11 is 5.79. The number of hydrogen-bond donors (Lipinski definition) is 2. The first kappa shape index (κ1) is 20.5. The van der Waals surface area contributed by atoms with Gasteiger partial charge < -0.3 is 5.11 Å². The maximum atomic E-state index is 12.0. The van der Waals surface area contributed by atoms with Gasteiger partial charge in [0.2, 0.25) is 0 Å². The summed E-state index contributed by atoms with van der Waals surface area (Å²) in [5.41, 5.74) is 4.51. The number of rotatable bonds is 6. The minimum atomic E-state index is -0.410. The fourth-order valence-corrected chi connectivity index (χ4v) is 2.41. The highest BCUT2D eigenvalue weighted by Gasteiger charge is 2.07. The zero-order valence-corrected chi connectivity index (χ0v) is 16.1. The van der Waals surface area contributed by atoms with Crippen molar-refractivity contribution < 1.29 is 9.90 Å². The first-order valence-corrected chi connectivity index (χ1v) is 9.04. The average Bonchev–Trinajstić information content (AvgIpc) is 2.68. The second-order valence-electron chi connectivity index (χ2n) is 5.75. The predicted molar refractivity (Wildman–Crippen MR) is 109 cm³/mol. The summed E-state index contributed by atoms with van der Waals surface area (Å²) in [7, 11) is 0. The van der Waals surface area contributed by atoms with Gasteiger partial charge >= 0.3 is 0 Å². The fourth-order valence-electron chi connectivity index (χ4n) is 2.23. The van der Waals surface area contributed by atoms with Crippen molar-refractivity contribution in [1.82, 2.24) is 10.3 Å². The van der Waals surface area contributed by atoms with E-state index in [1.165, 1.54) is 18.2 Å². The number of nitrogens with zero attached hydrogens (tertiary/aromatic N) is 2. The van der Waals surface area contributed by atoms with Crippen molar-refractivity contribution in [3.63, 3.8) is 0 Å². The molecule has 0 unspecified atom stereocenters. The van der Waals surface area contributed by atoms with Crippen LogP contribution in [0.25, 0.3) is 0 Å². The molecule has 0 radical (unpaired) electrons. The van der Waals surface area contributed by atoms with Crippen LogP contribution in [0, 0.1) is 11.8 Å². The Balaban J connectivity index is 1.91. The molecule has 0 saturated heterocycles. The summed E-state index contributed by atoms with van der Waals surface area (Å²) in [5, 5.41) is 13.4. The van der Waals surface area contributed by atoms with Gasteiger partial charge in [0.15, 0.2) is 0 Å². The van der Waals surface area contributed by atoms with Crippen LogP contribution in [0.2, 0.25) is 5.02 Å². The molecule has 0 aromatic heterocycles. The summed E-state index contributed by atoms with van der Waals surface area (Å²) < 4.78 is 0. The van der Waals surface area contributed by atoms with Gasteiger partial charge in [0.1, 0.15) is 5.75 Å². The summed E-state index contributed by atoms with van der Waals surface area (Å²) in [4.78, 5) is 14.2. The van der Waals surface area contributed by atoms with E-state index in [2.05, 4.69) is 41.1 Å². The van der Waals surface area contributed by atoms with Gasteiger partial charge in [-0.3, -0.25) is 9.69 Å². The Morgan fingerprint density at radius 3 is 2.56 bits per heavy atom. The van der Waals surface area contributed by atoms with Gasteiger partial charge in [-0.1, -0.05) is 49.4 Å². The lowest BCUT2D eigenvalue weighted by Gasteiger charge is -2.13. The van der Waals surface area contributed by atoms with E-state index < -0.39 is 5.91 Å². The van der Waals surface area contributed by atoms with Crippen molar-refractivity contribution in [2.45, 2.75) is 13.8 Å². The number of nitrogens with one attached hydrogen (secondary N) is 1. The van der Waals surface area contributed by atoms with E-state index in [0.717, 1.165) is 30.8 Å². The number of aromatic hydroxyl groups is 1. The average molecular weight is 384 g/mol. The maximum absolute atomic E-state index is 12.0. The van der Waals surface area contributed by atoms with Crippen LogP contribution in [0.3, 0.4) is 0 Å². The summed E-state index contributed by atoms with van der Waals surface area (Å²) in [6.45, 7) is 6.97. The SMILES string of the molecule is CCN(CC)CC#Cc1ccc(C=NNC(=O)c2ccc(O)c(Cl)c2)cc1. The van der Waals surface area contributed by atoms with Crippen molar-refractivity contribution >= 4 is 23.7 Å². The molecule has 0 heterocycles. The van der Waals surface area contributed by atoms with Crippen LogP contribution < -0.4 is 5.43 Å². The van der Waals surface area contributed by atoms with E-state index in [4.69, 9.17) is 11.6 Å². The van der Waals surface area contributed by atoms with Crippen LogP contribution in [-0.4, -0.2) is 41.8 Å². The third-order valence-electron chi connectivity index (χ3n) is 3.93. The number of carbonyl (C=O) groups is 1. The highest BCUT2D eigenvalue weighted by molar-refractivity contribution is 6.32. The van der Waals surface area contributed by atoms with Crippen molar-refractivity contribution in [3.05, 3.63) is 64.2 Å². The molecule has 0 saturated carbocycles. The number of benzene rings is 2. The lowest BCUT2D eigenvalue weighted by molar-refractivity contribution is 0.0955. The van der Waals surface area contributed by atoms with Crippen molar-refractivity contribution in [3.8, 4) is 17.6 Å². The molecule has 6 heteroatoms. The highest BCUT2D eigenvalue weighted by Crippen LogP contribution is 2.23. The molecule has 0 fully saturated rings. The predicted octanol–water partition coefficient (Wildman–Crippen LogP) is 3.50. The summed E-state index contributed by atoms with van der Waals surface area (Å²) in [5.74, 6) is 5.82. The van der Waals surface area contributed by atoms with Gasteiger partial charge in [-0.2, -0.15) is 5.10 Å². The smallest absolute Gasteiger partial charge is 0.271 e. The molecule has 0 bridgehead atoms. The van der Waals surface area contributed by atoms with E-state index in [0.29, 0.717) is 5.56 Å². The second kappa shape index (κ2) is 10.4. The molecule has 1 amide bonds. The minimum Gasteiger partial charge on any atom is -0.506 e. The molecule has 2 N–H and O–H groups in total. The number of carbonyl (C=O) groups excluding carboxylic acids is 1. The molecule has 27 heavy (non-hydrogen) atoms. The molecule has 0 aliphatic heterocycles. The van der Waals surface area contributed by atoms with Crippen LogP contribution >= 0.6 is 11.6 Å². The van der Waals surface area contributed by atoms with E-state index in [1.54, 1.807) is 6.21 Å². The van der Waals surface area contributed by atoms with Gasteiger partial charge in [0.25, 0.3) is 5.91 Å². The zero-order chi connectivity index (χ0) is 19.6. The van der Waals surface area contributed by atoms with E-state index in [-0.39, 0.29) is 10.8 Å². The number of phenols is 1. The Hall–Kier alpha value is -2.81. The number of halogens is 1. The Morgan fingerprint density at radius 1 is 1.22 bits per heavy atom. The van der Waals surface area contributed by atoms with Crippen molar-refractivity contribution in [2.24, 2.45) is 5.10 Å². The molecule has 0 atom stereocenters. The lowest BCUT2D eigenvalue weighted by atomic mass is 10.1. The number of hydrogen-bond acceptors (Lipinski definition) is 4. The maximum Gasteiger partial charge on any atom is 0.271 e. The highest BCUT2D eigenvalue weighted by atomic mass is 35.5.